The Hall–Kier alpha value is -3.30. The van der Waals surface area contributed by atoms with Gasteiger partial charge in [0.2, 0.25) is 0 Å². The molecule has 1 fully saturated rings. The molecule has 9 heteroatoms. The minimum absolute atomic E-state index is 0.114. The highest BCUT2D eigenvalue weighted by atomic mass is 79.9. The standard InChI is InChI=1S/C27H24BrFN2O4S/c1-4-31-26(32)25(36-27(31)30-20-9-11-21(33-2)12-10-20)14-18-13-23(34-3)24(15-22(18)28)35-16-17-5-7-19(29)8-6-17/h5-15H,4,16H2,1-3H3/b25-14+,30-27?. The Morgan fingerprint density at radius 3 is 2.39 bits per heavy atom. The third-order valence-electron chi connectivity index (χ3n) is 5.38. The first kappa shape index (κ1) is 25.8. The van der Waals surface area contributed by atoms with E-state index < -0.39 is 0 Å². The van der Waals surface area contributed by atoms with E-state index in [0.717, 1.165) is 27.0 Å². The third-order valence-corrected chi connectivity index (χ3v) is 7.07. The normalized spacial score (nSPS) is 15.6. The van der Waals surface area contributed by atoms with Gasteiger partial charge in [-0.25, -0.2) is 9.38 Å². The summed E-state index contributed by atoms with van der Waals surface area (Å²) in [6.45, 7) is 2.67. The van der Waals surface area contributed by atoms with Crippen molar-refractivity contribution in [3.05, 3.63) is 87.0 Å². The zero-order chi connectivity index (χ0) is 25.7. The van der Waals surface area contributed by atoms with E-state index in [9.17, 15) is 9.18 Å². The van der Waals surface area contributed by atoms with Crippen molar-refractivity contribution < 1.29 is 23.4 Å². The van der Waals surface area contributed by atoms with Crippen LogP contribution in [0.5, 0.6) is 17.2 Å². The van der Waals surface area contributed by atoms with Crippen molar-refractivity contribution in [3.63, 3.8) is 0 Å². The Balaban J connectivity index is 1.57. The Morgan fingerprint density at radius 1 is 1.03 bits per heavy atom. The van der Waals surface area contributed by atoms with Crippen LogP contribution in [0.3, 0.4) is 0 Å². The Labute approximate surface area is 221 Å². The molecular formula is C27H24BrFN2O4S. The van der Waals surface area contributed by atoms with Gasteiger partial charge in [0.05, 0.1) is 24.8 Å². The molecule has 0 atom stereocenters. The maximum absolute atomic E-state index is 13.2. The van der Waals surface area contributed by atoms with Gasteiger partial charge in [0.1, 0.15) is 18.2 Å². The molecule has 0 aromatic heterocycles. The fourth-order valence-corrected chi connectivity index (χ4v) is 4.94. The Bertz CT molecular complexity index is 1310. The second kappa shape index (κ2) is 11.6. The van der Waals surface area contributed by atoms with Gasteiger partial charge in [-0.05, 0) is 84.4 Å². The highest BCUT2D eigenvalue weighted by Gasteiger charge is 2.32. The van der Waals surface area contributed by atoms with Crippen LogP contribution in [0.4, 0.5) is 10.1 Å². The molecule has 0 spiro atoms. The van der Waals surface area contributed by atoms with Gasteiger partial charge in [-0.15, -0.1) is 0 Å². The van der Waals surface area contributed by atoms with Gasteiger partial charge < -0.3 is 14.2 Å². The molecule has 36 heavy (non-hydrogen) atoms. The summed E-state index contributed by atoms with van der Waals surface area (Å²) >= 11 is 4.90. The average molecular weight is 571 g/mol. The largest absolute Gasteiger partial charge is 0.497 e. The summed E-state index contributed by atoms with van der Waals surface area (Å²) in [6.07, 6.45) is 1.81. The highest BCUT2D eigenvalue weighted by Crippen LogP contribution is 2.39. The van der Waals surface area contributed by atoms with E-state index in [1.165, 1.54) is 23.9 Å². The number of hydrogen-bond donors (Lipinski definition) is 0. The molecule has 186 valence electrons. The molecule has 3 aromatic rings. The van der Waals surface area contributed by atoms with Crippen molar-refractivity contribution in [1.82, 2.24) is 4.90 Å². The third kappa shape index (κ3) is 5.91. The Kier molecular flexibility index (Phi) is 8.32. The number of carbonyl (C=O) groups excluding carboxylic acids is 1. The quantitative estimate of drug-likeness (QED) is 0.278. The topological polar surface area (TPSA) is 60.4 Å². The van der Waals surface area contributed by atoms with Crippen molar-refractivity contribution >= 4 is 50.5 Å². The molecular weight excluding hydrogens is 547 g/mol. The van der Waals surface area contributed by atoms with E-state index in [0.29, 0.717) is 28.1 Å². The van der Waals surface area contributed by atoms with Crippen molar-refractivity contribution in [3.8, 4) is 17.2 Å². The maximum atomic E-state index is 13.2. The molecule has 1 heterocycles. The van der Waals surface area contributed by atoms with E-state index >= 15 is 0 Å². The zero-order valence-corrected chi connectivity index (χ0v) is 22.4. The van der Waals surface area contributed by atoms with Crippen LogP contribution in [0.25, 0.3) is 6.08 Å². The lowest BCUT2D eigenvalue weighted by atomic mass is 10.1. The number of thioether (sulfide) groups is 1. The zero-order valence-electron chi connectivity index (χ0n) is 20.0. The molecule has 1 saturated heterocycles. The molecule has 0 saturated carbocycles. The van der Waals surface area contributed by atoms with Crippen molar-refractivity contribution in [1.29, 1.82) is 0 Å². The maximum Gasteiger partial charge on any atom is 0.266 e. The van der Waals surface area contributed by atoms with E-state index in [4.69, 9.17) is 14.2 Å². The first-order valence-electron chi connectivity index (χ1n) is 11.1. The number of nitrogens with zero attached hydrogens (tertiary/aromatic N) is 2. The van der Waals surface area contributed by atoms with Gasteiger partial charge in [-0.3, -0.25) is 9.69 Å². The van der Waals surface area contributed by atoms with Crippen LogP contribution in [0.2, 0.25) is 0 Å². The fraction of sp³-hybridized carbons (Fsp3) is 0.185. The lowest BCUT2D eigenvalue weighted by Crippen LogP contribution is -2.28. The molecule has 0 radical (unpaired) electrons. The molecule has 0 aliphatic carbocycles. The van der Waals surface area contributed by atoms with E-state index in [2.05, 4.69) is 20.9 Å². The Morgan fingerprint density at radius 2 is 1.75 bits per heavy atom. The number of amides is 1. The summed E-state index contributed by atoms with van der Waals surface area (Å²) in [5, 5.41) is 0.612. The number of halogens is 2. The van der Waals surface area contributed by atoms with Crippen LogP contribution < -0.4 is 14.2 Å². The van der Waals surface area contributed by atoms with E-state index in [1.54, 1.807) is 43.4 Å². The average Bonchev–Trinajstić information content (AvgIpc) is 3.18. The molecule has 0 unspecified atom stereocenters. The smallest absolute Gasteiger partial charge is 0.266 e. The van der Waals surface area contributed by atoms with Crippen LogP contribution in [-0.4, -0.2) is 36.7 Å². The summed E-state index contributed by atoms with van der Waals surface area (Å²) in [5.74, 6) is 1.37. The summed E-state index contributed by atoms with van der Waals surface area (Å²) in [4.78, 5) is 20.0. The minimum atomic E-state index is -0.297. The van der Waals surface area contributed by atoms with Gasteiger partial charge >= 0.3 is 0 Å². The van der Waals surface area contributed by atoms with Gasteiger partial charge in [-0.1, -0.05) is 28.1 Å². The van der Waals surface area contributed by atoms with Crippen LogP contribution in [-0.2, 0) is 11.4 Å². The minimum Gasteiger partial charge on any atom is -0.497 e. The first-order chi connectivity index (χ1) is 17.4. The SMILES string of the molecule is CCN1C(=O)/C(=C\c2cc(OC)c(OCc3ccc(F)cc3)cc2Br)SC1=Nc1ccc(OC)cc1. The summed E-state index contributed by atoms with van der Waals surface area (Å²) in [6, 6.07) is 17.1. The predicted molar refractivity (Wildman–Crippen MR) is 144 cm³/mol. The molecule has 1 aliphatic heterocycles. The number of carbonyl (C=O) groups is 1. The van der Waals surface area contributed by atoms with Gasteiger partial charge in [-0.2, -0.15) is 0 Å². The van der Waals surface area contributed by atoms with Crippen LogP contribution >= 0.6 is 27.7 Å². The lowest BCUT2D eigenvalue weighted by Gasteiger charge is -2.13. The molecule has 6 nitrogen and oxygen atoms in total. The monoisotopic (exact) mass is 570 g/mol. The van der Waals surface area contributed by atoms with Crippen LogP contribution in [0.1, 0.15) is 18.1 Å². The number of likely N-dealkylation sites (N-methyl/N-ethyl adjacent to an activating group) is 1. The van der Waals surface area contributed by atoms with E-state index in [1.807, 2.05) is 37.3 Å². The summed E-state index contributed by atoms with van der Waals surface area (Å²) < 4.78 is 30.5. The van der Waals surface area contributed by atoms with Crippen molar-refractivity contribution in [2.45, 2.75) is 13.5 Å². The lowest BCUT2D eigenvalue weighted by molar-refractivity contribution is -0.122. The van der Waals surface area contributed by atoms with Crippen molar-refractivity contribution in [2.24, 2.45) is 4.99 Å². The number of methoxy groups -OCH3 is 2. The number of rotatable bonds is 8. The van der Waals surface area contributed by atoms with E-state index in [-0.39, 0.29) is 18.3 Å². The number of ether oxygens (including phenoxy) is 3. The van der Waals surface area contributed by atoms with Gasteiger partial charge in [0.15, 0.2) is 16.7 Å². The van der Waals surface area contributed by atoms with Crippen LogP contribution in [0.15, 0.2) is 75.0 Å². The number of aliphatic imine (C=N–C) groups is 1. The molecule has 1 aliphatic rings. The number of benzene rings is 3. The number of amidine groups is 1. The molecule has 4 rings (SSSR count). The fourth-order valence-electron chi connectivity index (χ4n) is 3.45. The second-order valence-electron chi connectivity index (χ2n) is 7.69. The second-order valence-corrected chi connectivity index (χ2v) is 9.56. The molecule has 1 amide bonds. The van der Waals surface area contributed by atoms with Gasteiger partial charge in [0.25, 0.3) is 5.91 Å². The number of hydrogen-bond acceptors (Lipinski definition) is 6. The molecule has 0 bridgehead atoms. The first-order valence-corrected chi connectivity index (χ1v) is 12.7. The van der Waals surface area contributed by atoms with Crippen molar-refractivity contribution in [2.75, 3.05) is 20.8 Å². The summed E-state index contributed by atoms with van der Waals surface area (Å²) in [7, 11) is 3.17. The highest BCUT2D eigenvalue weighted by molar-refractivity contribution is 9.10. The summed E-state index contributed by atoms with van der Waals surface area (Å²) in [5.41, 5.74) is 2.33. The van der Waals surface area contributed by atoms with Gasteiger partial charge in [0, 0.05) is 11.0 Å². The van der Waals surface area contributed by atoms with Crippen LogP contribution in [0, 0.1) is 5.82 Å². The molecule has 0 N–H and O–H groups in total. The predicted octanol–water partition coefficient (Wildman–Crippen LogP) is 6.81. The molecule has 3 aromatic carbocycles.